The zero-order valence-corrected chi connectivity index (χ0v) is 10.4. The number of hydrogen-bond donors (Lipinski definition) is 2. The number of likely N-dealkylation sites (tertiary alicyclic amines) is 1. The van der Waals surface area contributed by atoms with Crippen LogP contribution in [0.15, 0.2) is 0 Å². The van der Waals surface area contributed by atoms with Crippen molar-refractivity contribution in [3.8, 4) is 0 Å². The summed E-state index contributed by atoms with van der Waals surface area (Å²) in [7, 11) is 0. The molecule has 1 aliphatic rings. The van der Waals surface area contributed by atoms with E-state index in [0.29, 0.717) is 13.5 Å². The number of carboxylic acid groups (broad SMARTS) is 1. The Hall–Kier alpha value is -0.820. The zero-order chi connectivity index (χ0) is 13.8. The molecule has 0 aromatic rings. The van der Waals surface area contributed by atoms with E-state index in [4.69, 9.17) is 5.11 Å². The number of alkyl halides is 3. The smallest absolute Gasteiger partial charge is 0.417 e. The highest BCUT2D eigenvalue weighted by atomic mass is 19.4. The molecule has 0 saturated carbocycles. The quantitative estimate of drug-likeness (QED) is 0.793. The summed E-state index contributed by atoms with van der Waals surface area (Å²) in [5, 5.41) is 10.8. The van der Waals surface area contributed by atoms with Gasteiger partial charge in [-0.15, -0.1) is 0 Å². The van der Waals surface area contributed by atoms with E-state index in [-0.39, 0.29) is 6.54 Å². The summed E-state index contributed by atoms with van der Waals surface area (Å²) in [6.45, 7) is 2.86. The van der Waals surface area contributed by atoms with Gasteiger partial charge in [-0.05, 0) is 32.9 Å². The number of aliphatic carboxylic acids is 1. The summed E-state index contributed by atoms with van der Waals surface area (Å²) in [4.78, 5) is 12.8. The van der Waals surface area contributed by atoms with Crippen molar-refractivity contribution >= 4 is 5.97 Å². The highest BCUT2D eigenvalue weighted by Gasteiger charge is 2.57. The van der Waals surface area contributed by atoms with Crippen molar-refractivity contribution in [2.75, 3.05) is 26.2 Å². The normalized spacial score (nSPS) is 21.6. The summed E-state index contributed by atoms with van der Waals surface area (Å²) >= 11 is 0. The van der Waals surface area contributed by atoms with E-state index in [2.05, 4.69) is 10.2 Å². The Balaban J connectivity index is 2.45. The maximum atomic E-state index is 12.7. The highest BCUT2D eigenvalue weighted by molar-refractivity contribution is 5.79. The molecule has 1 saturated heterocycles. The maximum absolute atomic E-state index is 12.7. The van der Waals surface area contributed by atoms with E-state index < -0.39 is 17.7 Å². The summed E-state index contributed by atoms with van der Waals surface area (Å²) in [6.07, 6.45) is -1.55. The first-order valence-corrected chi connectivity index (χ1v) is 6.05. The Labute approximate surface area is 104 Å². The predicted octanol–water partition coefficient (Wildman–Crippen LogP) is 1.47. The van der Waals surface area contributed by atoms with Gasteiger partial charge >= 0.3 is 12.1 Å². The molecule has 7 heteroatoms. The SMILES string of the molecule is CC(NCCN1CCCCC1)(C(=O)O)C(F)(F)F. The molecule has 0 aromatic carbocycles. The van der Waals surface area contributed by atoms with Gasteiger partial charge in [-0.3, -0.25) is 5.32 Å². The summed E-state index contributed by atoms with van der Waals surface area (Å²) in [5.41, 5.74) is -2.87. The third-order valence-corrected chi connectivity index (χ3v) is 3.35. The van der Waals surface area contributed by atoms with Crippen LogP contribution >= 0.6 is 0 Å². The largest absolute Gasteiger partial charge is 0.480 e. The number of halogens is 3. The molecule has 0 bridgehead atoms. The van der Waals surface area contributed by atoms with Crippen LogP contribution in [-0.4, -0.2) is 53.9 Å². The molecular weight excluding hydrogens is 249 g/mol. The van der Waals surface area contributed by atoms with Gasteiger partial charge in [0, 0.05) is 13.1 Å². The topological polar surface area (TPSA) is 52.6 Å². The van der Waals surface area contributed by atoms with Gasteiger partial charge in [-0.2, -0.15) is 13.2 Å². The fraction of sp³-hybridized carbons (Fsp3) is 0.909. The summed E-state index contributed by atoms with van der Waals surface area (Å²) < 4.78 is 38.0. The number of carbonyl (C=O) groups is 1. The second kappa shape index (κ2) is 5.88. The van der Waals surface area contributed by atoms with E-state index in [1.807, 2.05) is 0 Å². The maximum Gasteiger partial charge on any atom is 0.417 e. The first kappa shape index (κ1) is 15.2. The lowest BCUT2D eigenvalue weighted by molar-refractivity contribution is -0.205. The summed E-state index contributed by atoms with van der Waals surface area (Å²) in [5.74, 6) is -1.89. The van der Waals surface area contributed by atoms with Crippen LogP contribution in [0.25, 0.3) is 0 Å². The average Bonchev–Trinajstić information content (AvgIpc) is 2.28. The lowest BCUT2D eigenvalue weighted by Gasteiger charge is -2.31. The number of nitrogens with one attached hydrogen (secondary N) is 1. The molecular formula is C11H19F3N2O2. The minimum atomic E-state index is -4.80. The van der Waals surface area contributed by atoms with E-state index in [1.54, 1.807) is 0 Å². The Morgan fingerprint density at radius 3 is 2.28 bits per heavy atom. The predicted molar refractivity (Wildman–Crippen MR) is 60.4 cm³/mol. The molecule has 1 heterocycles. The molecule has 0 aromatic heterocycles. The molecule has 4 nitrogen and oxygen atoms in total. The van der Waals surface area contributed by atoms with Crippen LogP contribution in [0.2, 0.25) is 0 Å². The minimum absolute atomic E-state index is 0.0162. The second-order valence-corrected chi connectivity index (χ2v) is 4.76. The van der Waals surface area contributed by atoms with Gasteiger partial charge in [-0.1, -0.05) is 6.42 Å². The van der Waals surface area contributed by atoms with E-state index in [1.165, 1.54) is 0 Å². The van der Waals surface area contributed by atoms with E-state index >= 15 is 0 Å². The fourth-order valence-electron chi connectivity index (χ4n) is 1.94. The Bertz CT molecular complexity index is 291. The standard InChI is InChI=1S/C11H19F3N2O2/c1-10(9(17)18,11(12,13)14)15-5-8-16-6-3-2-4-7-16/h15H,2-8H2,1H3,(H,17,18). The molecule has 1 rings (SSSR count). The van der Waals surface area contributed by atoms with Gasteiger partial charge in [0.05, 0.1) is 0 Å². The third kappa shape index (κ3) is 3.58. The molecule has 1 fully saturated rings. The lowest BCUT2D eigenvalue weighted by Crippen LogP contribution is -2.61. The summed E-state index contributed by atoms with van der Waals surface area (Å²) in [6, 6.07) is 0. The minimum Gasteiger partial charge on any atom is -0.480 e. The Kier molecular flexibility index (Phi) is 4.98. The van der Waals surface area contributed by atoms with Gasteiger partial charge < -0.3 is 10.0 Å². The molecule has 1 unspecified atom stereocenters. The zero-order valence-electron chi connectivity index (χ0n) is 10.4. The number of hydrogen-bond acceptors (Lipinski definition) is 3. The molecule has 0 radical (unpaired) electrons. The van der Waals surface area contributed by atoms with Gasteiger partial charge in [0.15, 0.2) is 0 Å². The molecule has 106 valence electrons. The van der Waals surface area contributed by atoms with Gasteiger partial charge in [0.1, 0.15) is 0 Å². The van der Waals surface area contributed by atoms with Crippen molar-refractivity contribution in [2.45, 2.75) is 37.9 Å². The van der Waals surface area contributed by atoms with Gasteiger partial charge in [-0.25, -0.2) is 4.79 Å². The molecule has 0 spiro atoms. The van der Waals surface area contributed by atoms with Crippen LogP contribution in [0.4, 0.5) is 13.2 Å². The van der Waals surface area contributed by atoms with Crippen molar-refractivity contribution in [3.63, 3.8) is 0 Å². The van der Waals surface area contributed by atoms with Crippen LogP contribution in [0.5, 0.6) is 0 Å². The van der Waals surface area contributed by atoms with Crippen LogP contribution in [0.3, 0.4) is 0 Å². The van der Waals surface area contributed by atoms with Crippen molar-refractivity contribution in [1.82, 2.24) is 10.2 Å². The lowest BCUT2D eigenvalue weighted by atomic mass is 10.0. The van der Waals surface area contributed by atoms with Crippen molar-refractivity contribution in [3.05, 3.63) is 0 Å². The first-order valence-electron chi connectivity index (χ1n) is 6.05. The Morgan fingerprint density at radius 1 is 1.28 bits per heavy atom. The van der Waals surface area contributed by atoms with E-state index in [0.717, 1.165) is 32.4 Å². The second-order valence-electron chi connectivity index (χ2n) is 4.76. The molecule has 0 amide bonds. The number of carboxylic acids is 1. The van der Waals surface area contributed by atoms with Crippen molar-refractivity contribution < 1.29 is 23.1 Å². The van der Waals surface area contributed by atoms with Gasteiger partial charge in [0.2, 0.25) is 5.54 Å². The number of nitrogens with zero attached hydrogens (tertiary/aromatic N) is 1. The van der Waals surface area contributed by atoms with Crippen molar-refractivity contribution in [2.24, 2.45) is 0 Å². The van der Waals surface area contributed by atoms with Crippen molar-refractivity contribution in [1.29, 1.82) is 0 Å². The average molecular weight is 268 g/mol. The van der Waals surface area contributed by atoms with Crippen LogP contribution in [-0.2, 0) is 4.79 Å². The fourth-order valence-corrected chi connectivity index (χ4v) is 1.94. The van der Waals surface area contributed by atoms with Gasteiger partial charge in [0.25, 0.3) is 0 Å². The van der Waals surface area contributed by atoms with Crippen LogP contribution < -0.4 is 5.32 Å². The monoisotopic (exact) mass is 268 g/mol. The number of piperidine rings is 1. The third-order valence-electron chi connectivity index (χ3n) is 3.35. The van der Waals surface area contributed by atoms with Crippen LogP contribution in [0.1, 0.15) is 26.2 Å². The molecule has 18 heavy (non-hydrogen) atoms. The van der Waals surface area contributed by atoms with E-state index in [9.17, 15) is 18.0 Å². The molecule has 1 atom stereocenters. The molecule has 0 aliphatic carbocycles. The number of rotatable bonds is 5. The first-order chi connectivity index (χ1) is 8.27. The van der Waals surface area contributed by atoms with Crippen LogP contribution in [0, 0.1) is 0 Å². The molecule has 2 N–H and O–H groups in total. The Morgan fingerprint density at radius 2 is 1.83 bits per heavy atom. The highest BCUT2D eigenvalue weighted by Crippen LogP contribution is 2.30. The molecule has 1 aliphatic heterocycles.